The van der Waals surface area contributed by atoms with Crippen molar-refractivity contribution in [2.45, 2.75) is 19.4 Å². The maximum absolute atomic E-state index is 9.36. The molecule has 0 amide bonds. The Bertz CT molecular complexity index is 393. The molecule has 4 heteroatoms. The highest BCUT2D eigenvalue weighted by Gasteiger charge is 2.21. The predicted molar refractivity (Wildman–Crippen MR) is 74.2 cm³/mol. The van der Waals surface area contributed by atoms with Gasteiger partial charge in [0.2, 0.25) is 0 Å². The zero-order chi connectivity index (χ0) is 13.0. The van der Waals surface area contributed by atoms with Gasteiger partial charge in [-0.25, -0.2) is 0 Å². The number of hydrogen-bond donors (Lipinski definition) is 1. The molecule has 0 aromatic heterocycles. The van der Waals surface area contributed by atoms with Crippen LogP contribution >= 0.6 is 11.6 Å². The molecule has 1 N–H and O–H groups in total. The van der Waals surface area contributed by atoms with Gasteiger partial charge in [0.25, 0.3) is 0 Å². The first-order valence-corrected chi connectivity index (χ1v) is 6.77. The van der Waals surface area contributed by atoms with E-state index in [0.717, 1.165) is 30.3 Å². The Kier molecular flexibility index (Phi) is 4.87. The molecule has 1 saturated carbocycles. The fraction of sp³-hybridized carbons (Fsp3) is 0.571. The van der Waals surface area contributed by atoms with Crippen LogP contribution in [0.1, 0.15) is 18.4 Å². The second-order valence-corrected chi connectivity index (χ2v) is 5.24. The summed E-state index contributed by atoms with van der Waals surface area (Å²) in [5, 5.41) is 9.97. The summed E-state index contributed by atoms with van der Waals surface area (Å²) in [6, 6.07) is 5.67. The SMILES string of the molecule is CN(CCOCC1CC1)c1cccc(Cl)c1CO. The minimum atomic E-state index is -0.0394. The molecule has 0 unspecified atom stereocenters. The van der Waals surface area contributed by atoms with Crippen molar-refractivity contribution in [2.75, 3.05) is 31.7 Å². The monoisotopic (exact) mass is 269 g/mol. The van der Waals surface area contributed by atoms with Crippen molar-refractivity contribution in [1.29, 1.82) is 0 Å². The third-order valence-electron chi connectivity index (χ3n) is 3.29. The third kappa shape index (κ3) is 3.61. The fourth-order valence-electron chi connectivity index (χ4n) is 1.92. The smallest absolute Gasteiger partial charge is 0.0716 e. The van der Waals surface area contributed by atoms with Gasteiger partial charge in [0.1, 0.15) is 0 Å². The van der Waals surface area contributed by atoms with Crippen LogP contribution in [-0.2, 0) is 11.3 Å². The number of hydrogen-bond acceptors (Lipinski definition) is 3. The lowest BCUT2D eigenvalue weighted by atomic mass is 10.1. The van der Waals surface area contributed by atoms with Crippen molar-refractivity contribution in [3.63, 3.8) is 0 Å². The molecule has 1 aromatic rings. The van der Waals surface area contributed by atoms with Gasteiger partial charge in [0.05, 0.1) is 13.2 Å². The van der Waals surface area contributed by atoms with Gasteiger partial charge in [-0.3, -0.25) is 0 Å². The second kappa shape index (κ2) is 6.41. The number of halogens is 1. The summed E-state index contributed by atoms with van der Waals surface area (Å²) in [7, 11) is 1.99. The fourth-order valence-corrected chi connectivity index (χ4v) is 2.15. The summed E-state index contributed by atoms with van der Waals surface area (Å²) in [6.07, 6.45) is 2.64. The summed E-state index contributed by atoms with van der Waals surface area (Å²) < 4.78 is 5.62. The highest BCUT2D eigenvalue weighted by molar-refractivity contribution is 6.31. The van der Waals surface area contributed by atoms with Gasteiger partial charge in [0.15, 0.2) is 0 Å². The van der Waals surface area contributed by atoms with Crippen LogP contribution in [0.2, 0.25) is 5.02 Å². The number of rotatable bonds is 7. The van der Waals surface area contributed by atoms with E-state index in [1.807, 2.05) is 19.2 Å². The van der Waals surface area contributed by atoms with E-state index in [1.165, 1.54) is 12.8 Å². The molecule has 0 radical (unpaired) electrons. The van der Waals surface area contributed by atoms with Crippen LogP contribution in [0, 0.1) is 5.92 Å². The maximum atomic E-state index is 9.36. The normalized spacial score (nSPS) is 14.8. The van der Waals surface area contributed by atoms with Crippen LogP contribution in [0.25, 0.3) is 0 Å². The molecule has 2 rings (SSSR count). The van der Waals surface area contributed by atoms with E-state index in [-0.39, 0.29) is 6.61 Å². The summed E-state index contributed by atoms with van der Waals surface area (Å²) in [6.45, 7) is 2.36. The molecular formula is C14H20ClNO2. The molecule has 100 valence electrons. The molecular weight excluding hydrogens is 250 g/mol. The van der Waals surface area contributed by atoms with Crippen LogP contribution in [-0.4, -0.2) is 31.9 Å². The highest BCUT2D eigenvalue weighted by Crippen LogP contribution is 2.29. The topological polar surface area (TPSA) is 32.7 Å². The predicted octanol–water partition coefficient (Wildman–Crippen LogP) is 2.70. The zero-order valence-electron chi connectivity index (χ0n) is 10.7. The van der Waals surface area contributed by atoms with E-state index >= 15 is 0 Å². The molecule has 1 aliphatic carbocycles. The molecule has 0 aliphatic heterocycles. The van der Waals surface area contributed by atoms with Crippen molar-refractivity contribution in [2.24, 2.45) is 5.92 Å². The quantitative estimate of drug-likeness (QED) is 0.773. The van der Waals surface area contributed by atoms with Gasteiger partial charge < -0.3 is 14.7 Å². The standard InChI is InChI=1S/C14H20ClNO2/c1-16(7-8-18-10-11-5-6-11)14-4-2-3-13(15)12(14)9-17/h2-4,11,17H,5-10H2,1H3. The van der Waals surface area contributed by atoms with Crippen LogP contribution in [0.5, 0.6) is 0 Å². The largest absolute Gasteiger partial charge is 0.392 e. The molecule has 18 heavy (non-hydrogen) atoms. The first-order valence-electron chi connectivity index (χ1n) is 6.39. The average Bonchev–Trinajstić information content (AvgIpc) is 3.18. The van der Waals surface area contributed by atoms with Crippen molar-refractivity contribution < 1.29 is 9.84 Å². The average molecular weight is 270 g/mol. The highest BCUT2D eigenvalue weighted by atomic mass is 35.5. The Balaban J connectivity index is 1.86. The minimum Gasteiger partial charge on any atom is -0.392 e. The van der Waals surface area contributed by atoms with Gasteiger partial charge in [-0.15, -0.1) is 0 Å². The van der Waals surface area contributed by atoms with Crippen LogP contribution in [0.3, 0.4) is 0 Å². The van der Waals surface area contributed by atoms with E-state index in [0.29, 0.717) is 11.6 Å². The lowest BCUT2D eigenvalue weighted by Gasteiger charge is -2.22. The van der Waals surface area contributed by atoms with Gasteiger partial charge in [-0.05, 0) is 30.9 Å². The van der Waals surface area contributed by atoms with E-state index in [2.05, 4.69) is 4.90 Å². The molecule has 0 bridgehead atoms. The Morgan fingerprint density at radius 3 is 2.89 bits per heavy atom. The van der Waals surface area contributed by atoms with Gasteiger partial charge in [-0.1, -0.05) is 17.7 Å². The Morgan fingerprint density at radius 1 is 1.44 bits per heavy atom. The van der Waals surface area contributed by atoms with Crippen molar-refractivity contribution >= 4 is 17.3 Å². The van der Waals surface area contributed by atoms with Gasteiger partial charge >= 0.3 is 0 Å². The molecule has 1 aromatic carbocycles. The van der Waals surface area contributed by atoms with Crippen LogP contribution in [0.4, 0.5) is 5.69 Å². The number of nitrogens with zero attached hydrogens (tertiary/aromatic N) is 1. The first-order chi connectivity index (χ1) is 8.72. The number of likely N-dealkylation sites (N-methyl/N-ethyl adjacent to an activating group) is 1. The van der Waals surface area contributed by atoms with Crippen LogP contribution < -0.4 is 4.90 Å². The summed E-state index contributed by atoms with van der Waals surface area (Å²) in [4.78, 5) is 2.07. The molecule has 0 heterocycles. The van der Waals surface area contributed by atoms with Crippen molar-refractivity contribution in [1.82, 2.24) is 0 Å². The van der Waals surface area contributed by atoms with Gasteiger partial charge in [-0.2, -0.15) is 0 Å². The number of ether oxygens (including phenoxy) is 1. The Labute approximate surface area is 113 Å². The number of aliphatic hydroxyl groups excluding tert-OH is 1. The van der Waals surface area contributed by atoms with Crippen molar-refractivity contribution in [3.05, 3.63) is 28.8 Å². The van der Waals surface area contributed by atoms with E-state index in [4.69, 9.17) is 16.3 Å². The second-order valence-electron chi connectivity index (χ2n) is 4.84. The minimum absolute atomic E-state index is 0.0394. The summed E-state index contributed by atoms with van der Waals surface area (Å²) >= 11 is 6.07. The lowest BCUT2D eigenvalue weighted by molar-refractivity contribution is 0.131. The maximum Gasteiger partial charge on any atom is 0.0716 e. The summed E-state index contributed by atoms with van der Waals surface area (Å²) in [5.41, 5.74) is 1.75. The molecule has 1 fully saturated rings. The van der Waals surface area contributed by atoms with Crippen molar-refractivity contribution in [3.8, 4) is 0 Å². The van der Waals surface area contributed by atoms with E-state index < -0.39 is 0 Å². The van der Waals surface area contributed by atoms with Crippen LogP contribution in [0.15, 0.2) is 18.2 Å². The molecule has 0 saturated heterocycles. The van der Waals surface area contributed by atoms with E-state index in [1.54, 1.807) is 6.07 Å². The van der Waals surface area contributed by atoms with E-state index in [9.17, 15) is 5.11 Å². The molecule has 0 spiro atoms. The first kappa shape index (κ1) is 13.7. The number of aliphatic hydroxyl groups is 1. The summed E-state index contributed by atoms with van der Waals surface area (Å²) in [5.74, 6) is 0.800. The molecule has 3 nitrogen and oxygen atoms in total. The lowest BCUT2D eigenvalue weighted by Crippen LogP contribution is -2.24. The Morgan fingerprint density at radius 2 is 2.22 bits per heavy atom. The zero-order valence-corrected chi connectivity index (χ0v) is 11.5. The number of benzene rings is 1. The third-order valence-corrected chi connectivity index (χ3v) is 3.64. The van der Waals surface area contributed by atoms with Gasteiger partial charge in [0, 0.05) is 36.5 Å². The molecule has 0 atom stereocenters. The Hall–Kier alpha value is -0.770. The molecule has 1 aliphatic rings. The number of anilines is 1.